The van der Waals surface area contributed by atoms with Crippen molar-refractivity contribution in [2.24, 2.45) is 0 Å². The van der Waals surface area contributed by atoms with Crippen LogP contribution in [0.3, 0.4) is 0 Å². The van der Waals surface area contributed by atoms with Crippen LogP contribution in [0.2, 0.25) is 0 Å². The van der Waals surface area contributed by atoms with E-state index in [4.69, 9.17) is 27.7 Å². The van der Waals surface area contributed by atoms with E-state index in [1.807, 2.05) is 0 Å². The third-order valence-electron chi connectivity index (χ3n) is 0.782. The summed E-state index contributed by atoms with van der Waals surface area (Å²) in [4.78, 5) is 19.3. The third-order valence-corrected chi connectivity index (χ3v) is 0.782. The normalized spacial score (nSPS) is 11.4. The van der Waals surface area contributed by atoms with Gasteiger partial charge < -0.3 is 39.1 Å². The number of aliphatic carboxylic acids is 2. The number of hydrogen-bond donors (Lipinski definition) is 2. The van der Waals surface area contributed by atoms with Crippen molar-refractivity contribution in [3.63, 3.8) is 0 Å². The van der Waals surface area contributed by atoms with Crippen molar-refractivity contribution in [3.05, 3.63) is 0 Å². The summed E-state index contributed by atoms with van der Waals surface area (Å²) in [7, 11) is -5.17. The predicted molar refractivity (Wildman–Crippen MR) is 46.8 cm³/mol. The molecule has 0 saturated heterocycles. The van der Waals surface area contributed by atoms with Crippen LogP contribution in [-0.4, -0.2) is 133 Å². The quantitative estimate of drug-likeness (QED) is 0.244. The number of aliphatic hydroxyl groups excluding tert-OH is 2. The number of carboxylic acid groups (broad SMARTS) is 2. The van der Waals surface area contributed by atoms with Gasteiger partial charge in [-0.3, -0.25) is 8.42 Å². The van der Waals surface area contributed by atoms with Gasteiger partial charge in [-0.25, -0.2) is 0 Å². The van der Waals surface area contributed by atoms with Crippen molar-refractivity contribution < 1.29 is 81.7 Å². The van der Waals surface area contributed by atoms with Crippen molar-refractivity contribution in [3.8, 4) is 0 Å². The molecule has 0 saturated carbocycles. The molecule has 0 aliphatic carbocycles. The van der Waals surface area contributed by atoms with Gasteiger partial charge in [0.25, 0.3) is 0 Å². The molecule has 15 heteroatoms. The minimum atomic E-state index is -5.17. The summed E-state index contributed by atoms with van der Waals surface area (Å²) in [6.45, 7) is 0. The molecule has 0 rings (SSSR count). The number of carbonyl (C=O) groups excluding carboxylic acids is 2. The molecule has 0 heterocycles. The van der Waals surface area contributed by atoms with Gasteiger partial charge in [0.15, 0.2) is 0 Å². The molecule has 0 aliphatic heterocycles. The Morgan fingerprint density at radius 1 is 0.895 bits per heavy atom. The molecule has 2 atom stereocenters. The molecule has 2 unspecified atom stereocenters. The summed E-state index contributed by atoms with van der Waals surface area (Å²) in [5.74, 6) is -4.12. The molecule has 0 amide bonds. The predicted octanol–water partition coefficient (Wildman–Crippen LogP) is -7.43. The van der Waals surface area contributed by atoms with E-state index in [1.54, 1.807) is 0 Å². The molecular formula is C4H6Cu2KNaO10S. The van der Waals surface area contributed by atoms with Crippen LogP contribution in [0.25, 0.3) is 0 Å². The summed E-state index contributed by atoms with van der Waals surface area (Å²) < 4.78 is 34.1. The second kappa shape index (κ2) is 18.5. The van der Waals surface area contributed by atoms with Gasteiger partial charge in [0.1, 0.15) is 12.2 Å². The summed E-state index contributed by atoms with van der Waals surface area (Å²) in [5.41, 5.74) is 0. The first-order chi connectivity index (χ1) is 6.46. The molecule has 19 heavy (non-hydrogen) atoms. The molecule has 112 valence electrons. The fourth-order valence-electron chi connectivity index (χ4n) is 0.258. The Balaban J connectivity index is -0.0000000418. The second-order valence-electron chi connectivity index (χ2n) is 1.94. The fourth-order valence-corrected chi connectivity index (χ4v) is 0.258. The molecule has 0 fully saturated rings. The number of carbonyl (C=O) groups is 2. The van der Waals surface area contributed by atoms with Crippen LogP contribution in [0.4, 0.5) is 0 Å². The zero-order chi connectivity index (χ0) is 12.8. The molecule has 0 aromatic heterocycles. The van der Waals surface area contributed by atoms with Crippen LogP contribution in [0, 0.1) is 0 Å². The van der Waals surface area contributed by atoms with Crippen LogP contribution >= 0.6 is 0 Å². The van der Waals surface area contributed by atoms with Crippen LogP contribution in [0.1, 0.15) is 0 Å². The Morgan fingerprint density at radius 2 is 1.00 bits per heavy atom. The first kappa shape index (κ1) is 37.6. The Bertz CT molecular complexity index is 310. The van der Waals surface area contributed by atoms with Gasteiger partial charge in [-0.1, -0.05) is 0 Å². The van der Waals surface area contributed by atoms with Crippen molar-refractivity contribution in [1.29, 1.82) is 0 Å². The zero-order valence-corrected chi connectivity index (χ0v) is 10.0. The average Bonchev–Trinajstić information content (AvgIpc) is 1.98. The molecule has 0 aromatic rings. The van der Waals surface area contributed by atoms with Gasteiger partial charge >= 0.3 is 115 Å². The van der Waals surface area contributed by atoms with E-state index in [0.29, 0.717) is 0 Å². The van der Waals surface area contributed by atoms with Crippen molar-refractivity contribution in [2.75, 3.05) is 0 Å². The van der Waals surface area contributed by atoms with Crippen LogP contribution in [0.15, 0.2) is 0 Å². The van der Waals surface area contributed by atoms with Crippen LogP contribution in [-0.2, 0) is 54.1 Å². The van der Waals surface area contributed by atoms with E-state index in [1.165, 1.54) is 0 Å². The molecule has 10 nitrogen and oxygen atoms in total. The molecular weight excluding hydrogens is 429 g/mol. The van der Waals surface area contributed by atoms with E-state index in [-0.39, 0.29) is 115 Å². The maximum atomic E-state index is 9.63. The van der Waals surface area contributed by atoms with Crippen LogP contribution < -0.4 is 10.2 Å². The van der Waals surface area contributed by atoms with Crippen molar-refractivity contribution in [1.82, 2.24) is 0 Å². The van der Waals surface area contributed by atoms with Gasteiger partial charge in [-0.05, 0) is 0 Å². The summed E-state index contributed by atoms with van der Waals surface area (Å²) in [5, 5.41) is 35.7. The second-order valence-corrected chi connectivity index (χ2v) is 2.75. The first-order valence-electron chi connectivity index (χ1n) is 2.91. The van der Waals surface area contributed by atoms with Crippen LogP contribution in [0.5, 0.6) is 0 Å². The standard InChI is InChI=1S/C4H6O6.2Cu.K.Na.H2O4S.2H/c5-1(3(7)8)2(6)4(9)10;;;;;1-5(2,3)4;;/h1-2,5-6H,(H,7,8)(H,9,10);;;;;(H2,1,2,3,4);;/q;2*+2;;;;;/p-4. The molecule has 0 bridgehead atoms. The molecule has 2 N–H and O–H groups in total. The monoisotopic (exact) mass is 434 g/mol. The number of hydrogen-bond acceptors (Lipinski definition) is 10. The van der Waals surface area contributed by atoms with E-state index < -0.39 is 34.5 Å². The van der Waals surface area contributed by atoms with E-state index in [9.17, 15) is 19.8 Å². The van der Waals surface area contributed by atoms with Gasteiger partial charge in [0.2, 0.25) is 0 Å². The molecule has 0 spiro atoms. The van der Waals surface area contributed by atoms with Gasteiger partial charge in [-0.15, -0.1) is 0 Å². The van der Waals surface area contributed by atoms with Crippen molar-refractivity contribution >= 4 is 103 Å². The number of carboxylic acids is 2. The SMILES string of the molecule is O=C([O-])C(O)C(O)C(=O)[O-].O=S(=O)([O-])[O-].[Cu+2].[Cu+2].[KH].[NaH]. The summed E-state index contributed by atoms with van der Waals surface area (Å²) >= 11 is 0. The Morgan fingerprint density at radius 3 is 1.05 bits per heavy atom. The van der Waals surface area contributed by atoms with E-state index >= 15 is 0 Å². The fraction of sp³-hybridized carbons (Fsp3) is 0.500. The molecule has 2 radical (unpaired) electrons. The van der Waals surface area contributed by atoms with Gasteiger partial charge in [-0.2, -0.15) is 0 Å². The minimum absolute atomic E-state index is 0. The summed E-state index contributed by atoms with van der Waals surface area (Å²) in [6, 6.07) is 0. The number of rotatable bonds is 3. The summed E-state index contributed by atoms with van der Waals surface area (Å²) in [6.07, 6.45) is -4.88. The average molecular weight is 435 g/mol. The zero-order valence-electron chi connectivity index (χ0n) is 7.33. The third kappa shape index (κ3) is 33.3. The Labute approximate surface area is 193 Å². The molecule has 0 aromatic carbocycles. The Kier molecular flexibility index (Phi) is 36.5. The maximum absolute atomic E-state index is 9.63. The molecule has 0 aliphatic rings. The first-order valence-corrected chi connectivity index (χ1v) is 4.24. The number of aliphatic hydroxyl groups is 2. The van der Waals surface area contributed by atoms with E-state index in [0.717, 1.165) is 0 Å². The Hall–Kier alpha value is 2.41. The van der Waals surface area contributed by atoms with Gasteiger partial charge in [0.05, 0.1) is 11.9 Å². The van der Waals surface area contributed by atoms with Gasteiger partial charge in [0, 0.05) is 10.4 Å². The van der Waals surface area contributed by atoms with Crippen molar-refractivity contribution in [2.45, 2.75) is 12.2 Å². The topological polar surface area (TPSA) is 201 Å². The van der Waals surface area contributed by atoms with E-state index in [2.05, 4.69) is 0 Å².